The van der Waals surface area contributed by atoms with Crippen molar-refractivity contribution in [1.29, 1.82) is 0 Å². The molecule has 0 radical (unpaired) electrons. The highest BCUT2D eigenvalue weighted by Gasteiger charge is 2.18. The van der Waals surface area contributed by atoms with Crippen molar-refractivity contribution in [3.05, 3.63) is 24.3 Å². The van der Waals surface area contributed by atoms with Gasteiger partial charge in [0.05, 0.1) is 6.54 Å². The van der Waals surface area contributed by atoms with E-state index in [9.17, 15) is 9.90 Å². The SMILES string of the molecule is O=C(O)CN1CCN(c2ccc(O)cc2)CC1. The van der Waals surface area contributed by atoms with E-state index in [2.05, 4.69) is 4.90 Å². The lowest BCUT2D eigenvalue weighted by Crippen LogP contribution is -2.47. The molecule has 5 nitrogen and oxygen atoms in total. The number of rotatable bonds is 3. The maximum atomic E-state index is 10.6. The fraction of sp³-hybridized carbons (Fsp3) is 0.417. The van der Waals surface area contributed by atoms with E-state index < -0.39 is 5.97 Å². The predicted octanol–water partition coefficient (Wildman–Crippen LogP) is 0.599. The number of hydrogen-bond donors (Lipinski definition) is 2. The van der Waals surface area contributed by atoms with Crippen LogP contribution >= 0.6 is 0 Å². The molecule has 0 unspecified atom stereocenters. The molecule has 0 spiro atoms. The van der Waals surface area contributed by atoms with E-state index in [0.29, 0.717) is 0 Å². The maximum Gasteiger partial charge on any atom is 0.317 e. The Kier molecular flexibility index (Phi) is 3.49. The van der Waals surface area contributed by atoms with Crippen molar-refractivity contribution in [1.82, 2.24) is 4.90 Å². The fourth-order valence-corrected chi connectivity index (χ4v) is 2.02. The molecule has 2 N–H and O–H groups in total. The zero-order valence-corrected chi connectivity index (χ0v) is 9.54. The molecule has 0 saturated carbocycles. The molecule has 0 bridgehead atoms. The van der Waals surface area contributed by atoms with Gasteiger partial charge in [-0.05, 0) is 24.3 Å². The van der Waals surface area contributed by atoms with Crippen molar-refractivity contribution >= 4 is 11.7 Å². The van der Waals surface area contributed by atoms with E-state index in [-0.39, 0.29) is 12.3 Å². The molecule has 1 aliphatic rings. The second-order valence-corrected chi connectivity index (χ2v) is 4.17. The fourth-order valence-electron chi connectivity index (χ4n) is 2.02. The second kappa shape index (κ2) is 5.05. The normalized spacial score (nSPS) is 17.1. The zero-order valence-electron chi connectivity index (χ0n) is 9.54. The average molecular weight is 236 g/mol. The molecule has 0 amide bonds. The smallest absolute Gasteiger partial charge is 0.317 e. The van der Waals surface area contributed by atoms with Crippen molar-refractivity contribution in [3.8, 4) is 5.75 Å². The summed E-state index contributed by atoms with van der Waals surface area (Å²) < 4.78 is 0. The largest absolute Gasteiger partial charge is 0.508 e. The van der Waals surface area contributed by atoms with Gasteiger partial charge in [-0.3, -0.25) is 9.69 Å². The Labute approximate surface area is 99.9 Å². The number of benzene rings is 1. The first-order valence-corrected chi connectivity index (χ1v) is 5.63. The third-order valence-corrected chi connectivity index (χ3v) is 2.95. The van der Waals surface area contributed by atoms with Crippen molar-refractivity contribution in [3.63, 3.8) is 0 Å². The molecular weight excluding hydrogens is 220 g/mol. The minimum atomic E-state index is -0.775. The van der Waals surface area contributed by atoms with Crippen molar-refractivity contribution in [2.45, 2.75) is 0 Å². The summed E-state index contributed by atoms with van der Waals surface area (Å²) in [4.78, 5) is 14.7. The van der Waals surface area contributed by atoms with Gasteiger partial charge in [-0.2, -0.15) is 0 Å². The molecule has 0 aromatic heterocycles. The minimum absolute atomic E-state index is 0.115. The Balaban J connectivity index is 1.90. The van der Waals surface area contributed by atoms with E-state index in [1.54, 1.807) is 12.1 Å². The van der Waals surface area contributed by atoms with Crippen LogP contribution in [0.4, 0.5) is 5.69 Å². The highest BCUT2D eigenvalue weighted by molar-refractivity contribution is 5.69. The van der Waals surface area contributed by atoms with E-state index in [1.807, 2.05) is 17.0 Å². The summed E-state index contributed by atoms with van der Waals surface area (Å²) in [5.41, 5.74) is 1.07. The molecule has 1 fully saturated rings. The monoisotopic (exact) mass is 236 g/mol. The van der Waals surface area contributed by atoms with E-state index in [1.165, 1.54) is 0 Å². The molecular formula is C12H16N2O3. The van der Waals surface area contributed by atoms with Gasteiger partial charge in [0.1, 0.15) is 5.75 Å². The highest BCUT2D eigenvalue weighted by atomic mass is 16.4. The number of aliphatic carboxylic acids is 1. The first kappa shape index (κ1) is 11.7. The Morgan fingerprint density at radius 1 is 1.12 bits per heavy atom. The van der Waals surface area contributed by atoms with Gasteiger partial charge in [-0.25, -0.2) is 0 Å². The highest BCUT2D eigenvalue weighted by Crippen LogP contribution is 2.19. The van der Waals surface area contributed by atoms with Crippen LogP contribution in [0.15, 0.2) is 24.3 Å². The Bertz CT molecular complexity index is 383. The molecule has 17 heavy (non-hydrogen) atoms. The second-order valence-electron chi connectivity index (χ2n) is 4.17. The molecule has 2 rings (SSSR count). The van der Waals surface area contributed by atoms with Gasteiger partial charge in [0, 0.05) is 31.9 Å². The summed E-state index contributed by atoms with van der Waals surface area (Å²) in [7, 11) is 0. The number of phenols is 1. The third kappa shape index (κ3) is 3.10. The van der Waals surface area contributed by atoms with Gasteiger partial charge < -0.3 is 15.1 Å². The van der Waals surface area contributed by atoms with Crippen LogP contribution in [0.25, 0.3) is 0 Å². The van der Waals surface area contributed by atoms with Crippen LogP contribution in [0.2, 0.25) is 0 Å². The number of carboxylic acid groups (broad SMARTS) is 1. The lowest BCUT2D eigenvalue weighted by Gasteiger charge is -2.35. The molecule has 0 atom stereocenters. The first-order chi connectivity index (χ1) is 8.15. The summed E-state index contributed by atoms with van der Waals surface area (Å²) in [5.74, 6) is -0.513. The van der Waals surface area contributed by atoms with Crippen LogP contribution in [-0.4, -0.2) is 53.8 Å². The summed E-state index contributed by atoms with van der Waals surface area (Å²) in [6.07, 6.45) is 0. The summed E-state index contributed by atoms with van der Waals surface area (Å²) in [6.45, 7) is 3.26. The van der Waals surface area contributed by atoms with Gasteiger partial charge >= 0.3 is 5.97 Å². The standard InChI is InChI=1S/C12H16N2O3/c15-11-3-1-10(2-4-11)14-7-5-13(6-8-14)9-12(16)17/h1-4,15H,5-9H2,(H,16,17). The van der Waals surface area contributed by atoms with Crippen molar-refractivity contribution in [2.75, 3.05) is 37.6 Å². The number of carbonyl (C=O) groups is 1. The number of nitrogens with zero attached hydrogens (tertiary/aromatic N) is 2. The molecule has 1 aromatic rings. The number of aromatic hydroxyl groups is 1. The number of hydrogen-bond acceptors (Lipinski definition) is 4. The van der Waals surface area contributed by atoms with Crippen molar-refractivity contribution in [2.24, 2.45) is 0 Å². The lowest BCUT2D eigenvalue weighted by molar-refractivity contribution is -0.138. The van der Waals surface area contributed by atoms with Gasteiger partial charge in [0.25, 0.3) is 0 Å². The van der Waals surface area contributed by atoms with Crippen molar-refractivity contribution < 1.29 is 15.0 Å². The van der Waals surface area contributed by atoms with Crippen LogP contribution < -0.4 is 4.90 Å². The first-order valence-electron chi connectivity index (χ1n) is 5.63. The zero-order chi connectivity index (χ0) is 12.3. The summed E-state index contributed by atoms with van der Waals surface area (Å²) >= 11 is 0. The van der Waals surface area contributed by atoms with Gasteiger partial charge in [-0.1, -0.05) is 0 Å². The summed E-state index contributed by atoms with van der Waals surface area (Å²) in [6, 6.07) is 7.09. The molecule has 1 aliphatic heterocycles. The number of carboxylic acids is 1. The van der Waals surface area contributed by atoms with Crippen LogP contribution in [-0.2, 0) is 4.79 Å². The molecule has 1 heterocycles. The quantitative estimate of drug-likeness (QED) is 0.804. The lowest BCUT2D eigenvalue weighted by atomic mass is 10.2. The third-order valence-electron chi connectivity index (χ3n) is 2.95. The number of anilines is 1. The molecule has 92 valence electrons. The topological polar surface area (TPSA) is 64.0 Å². The predicted molar refractivity (Wildman–Crippen MR) is 64.4 cm³/mol. The minimum Gasteiger partial charge on any atom is -0.508 e. The molecule has 1 aromatic carbocycles. The summed E-state index contributed by atoms with van der Waals surface area (Å²) in [5, 5.41) is 17.9. The van der Waals surface area contributed by atoms with Gasteiger partial charge in [-0.15, -0.1) is 0 Å². The van der Waals surface area contributed by atoms with Gasteiger partial charge in [0.15, 0.2) is 0 Å². The number of piperazine rings is 1. The molecule has 0 aliphatic carbocycles. The van der Waals surface area contributed by atoms with E-state index in [4.69, 9.17) is 5.11 Å². The van der Waals surface area contributed by atoms with Crippen LogP contribution in [0.1, 0.15) is 0 Å². The van der Waals surface area contributed by atoms with E-state index >= 15 is 0 Å². The Hall–Kier alpha value is -1.75. The van der Waals surface area contributed by atoms with Crippen LogP contribution in [0, 0.1) is 0 Å². The average Bonchev–Trinajstić information content (AvgIpc) is 2.30. The maximum absolute atomic E-state index is 10.6. The van der Waals surface area contributed by atoms with Crippen LogP contribution in [0.5, 0.6) is 5.75 Å². The van der Waals surface area contributed by atoms with E-state index in [0.717, 1.165) is 31.9 Å². The Morgan fingerprint density at radius 2 is 1.71 bits per heavy atom. The van der Waals surface area contributed by atoms with Gasteiger partial charge in [0.2, 0.25) is 0 Å². The molecule has 1 saturated heterocycles. The van der Waals surface area contributed by atoms with Crippen LogP contribution in [0.3, 0.4) is 0 Å². The Morgan fingerprint density at radius 3 is 2.24 bits per heavy atom. The number of phenolic OH excluding ortho intramolecular Hbond substituents is 1. The molecule has 5 heteroatoms.